The maximum atomic E-state index is 12.5. The Bertz CT molecular complexity index is 1120. The minimum Gasteiger partial charge on any atom is -0.493 e. The molecule has 0 radical (unpaired) electrons. The topological polar surface area (TPSA) is 94.2 Å². The summed E-state index contributed by atoms with van der Waals surface area (Å²) in [6.45, 7) is -0.306. The summed E-state index contributed by atoms with van der Waals surface area (Å²) in [7, 11) is 2.65. The molecule has 0 bridgehead atoms. The SMILES string of the molecule is COC(=O)CN1C(=O)N/C(=C/c2cc(OC)c(OCc3ccc(Cl)cc3Cl)cc2Br)C1=O. The van der Waals surface area contributed by atoms with Crippen LogP contribution in [0.4, 0.5) is 4.79 Å². The second-order valence-corrected chi connectivity index (χ2v) is 8.20. The largest absolute Gasteiger partial charge is 0.493 e. The molecule has 1 aliphatic rings. The van der Waals surface area contributed by atoms with Gasteiger partial charge in [-0.3, -0.25) is 9.59 Å². The van der Waals surface area contributed by atoms with Crippen molar-refractivity contribution in [1.29, 1.82) is 0 Å². The van der Waals surface area contributed by atoms with Crippen LogP contribution in [0.3, 0.4) is 0 Å². The first-order valence-electron chi connectivity index (χ1n) is 9.09. The minimum atomic E-state index is -0.713. The number of rotatable bonds is 7. The zero-order valence-electron chi connectivity index (χ0n) is 16.9. The Morgan fingerprint density at radius 3 is 2.56 bits per heavy atom. The highest BCUT2D eigenvalue weighted by molar-refractivity contribution is 9.10. The van der Waals surface area contributed by atoms with E-state index in [-0.39, 0.29) is 12.3 Å². The maximum Gasteiger partial charge on any atom is 0.329 e. The number of ether oxygens (including phenoxy) is 3. The highest BCUT2D eigenvalue weighted by Gasteiger charge is 2.35. The van der Waals surface area contributed by atoms with E-state index in [0.717, 1.165) is 10.5 Å². The molecular weight excluding hydrogens is 527 g/mol. The Hall–Kier alpha value is -2.75. The molecule has 2 aromatic carbocycles. The highest BCUT2D eigenvalue weighted by Crippen LogP contribution is 2.36. The third kappa shape index (κ3) is 5.35. The van der Waals surface area contributed by atoms with Gasteiger partial charge in [0, 0.05) is 20.1 Å². The molecule has 0 aromatic heterocycles. The Labute approximate surface area is 202 Å². The van der Waals surface area contributed by atoms with Crippen LogP contribution >= 0.6 is 39.1 Å². The van der Waals surface area contributed by atoms with E-state index >= 15 is 0 Å². The zero-order chi connectivity index (χ0) is 23.4. The van der Waals surface area contributed by atoms with Gasteiger partial charge in [0.25, 0.3) is 5.91 Å². The molecule has 1 heterocycles. The predicted molar refractivity (Wildman–Crippen MR) is 122 cm³/mol. The van der Waals surface area contributed by atoms with E-state index in [1.54, 1.807) is 30.3 Å². The van der Waals surface area contributed by atoms with Gasteiger partial charge in [-0.1, -0.05) is 45.2 Å². The molecule has 0 unspecified atom stereocenters. The third-order valence-electron chi connectivity index (χ3n) is 4.46. The minimum absolute atomic E-state index is 0.00303. The van der Waals surface area contributed by atoms with Crippen LogP contribution in [-0.4, -0.2) is 43.6 Å². The Kier molecular flexibility index (Phi) is 7.65. The molecule has 1 N–H and O–H groups in total. The van der Waals surface area contributed by atoms with E-state index in [4.69, 9.17) is 32.7 Å². The van der Waals surface area contributed by atoms with Gasteiger partial charge < -0.3 is 19.5 Å². The monoisotopic (exact) mass is 542 g/mol. The molecule has 11 heteroatoms. The van der Waals surface area contributed by atoms with Crippen LogP contribution in [0.2, 0.25) is 10.0 Å². The summed E-state index contributed by atoms with van der Waals surface area (Å²) in [5.41, 5.74) is 1.29. The molecule has 0 aliphatic carbocycles. The van der Waals surface area contributed by atoms with Crippen molar-refractivity contribution in [2.24, 2.45) is 0 Å². The van der Waals surface area contributed by atoms with Gasteiger partial charge >= 0.3 is 12.0 Å². The Morgan fingerprint density at radius 2 is 1.91 bits per heavy atom. The van der Waals surface area contributed by atoms with Gasteiger partial charge in [0.15, 0.2) is 11.5 Å². The van der Waals surface area contributed by atoms with E-state index in [0.29, 0.717) is 31.6 Å². The lowest BCUT2D eigenvalue weighted by Gasteiger charge is -2.14. The smallest absolute Gasteiger partial charge is 0.329 e. The summed E-state index contributed by atoms with van der Waals surface area (Å²) in [4.78, 5) is 36.7. The van der Waals surface area contributed by atoms with E-state index in [1.807, 2.05) is 0 Å². The number of halogens is 3. The predicted octanol–water partition coefficient (Wildman–Crippen LogP) is 4.41. The number of esters is 1. The van der Waals surface area contributed by atoms with Crippen LogP contribution in [-0.2, 0) is 20.9 Å². The molecular formula is C21H17BrCl2N2O6. The Balaban J connectivity index is 1.82. The van der Waals surface area contributed by atoms with Crippen molar-refractivity contribution in [2.75, 3.05) is 20.8 Å². The molecule has 0 saturated carbocycles. The average molecular weight is 544 g/mol. The molecule has 0 spiro atoms. The zero-order valence-corrected chi connectivity index (χ0v) is 20.0. The highest BCUT2D eigenvalue weighted by atomic mass is 79.9. The van der Waals surface area contributed by atoms with Gasteiger partial charge in [-0.15, -0.1) is 0 Å². The normalized spacial score (nSPS) is 14.5. The van der Waals surface area contributed by atoms with Gasteiger partial charge in [0.2, 0.25) is 0 Å². The van der Waals surface area contributed by atoms with Gasteiger partial charge in [-0.05, 0) is 35.9 Å². The standard InChI is InChI=1S/C21H17BrCl2N2O6/c1-30-17-6-12(5-16-20(28)26(21(29)25-16)9-19(27)31-2)14(22)8-18(17)32-10-11-3-4-13(23)7-15(11)24/h3-8H,9-10H2,1-2H3,(H,25,29)/b16-5+. The molecule has 0 atom stereocenters. The van der Waals surface area contributed by atoms with Gasteiger partial charge in [0.1, 0.15) is 18.8 Å². The van der Waals surface area contributed by atoms with E-state index in [2.05, 4.69) is 26.0 Å². The quantitative estimate of drug-likeness (QED) is 0.316. The molecule has 2 aromatic rings. The first kappa shape index (κ1) is 23.9. The number of imide groups is 1. The summed E-state index contributed by atoms with van der Waals surface area (Å²) >= 11 is 15.5. The van der Waals surface area contributed by atoms with Crippen LogP contribution in [0, 0.1) is 0 Å². The van der Waals surface area contributed by atoms with Crippen LogP contribution in [0.25, 0.3) is 6.08 Å². The van der Waals surface area contributed by atoms with Crippen molar-refractivity contribution in [3.63, 3.8) is 0 Å². The van der Waals surface area contributed by atoms with Crippen molar-refractivity contribution >= 4 is 63.1 Å². The number of carbonyl (C=O) groups excluding carboxylic acids is 3. The van der Waals surface area contributed by atoms with Gasteiger partial charge in [-0.25, -0.2) is 9.69 Å². The lowest BCUT2D eigenvalue weighted by molar-refractivity contribution is -0.143. The lowest BCUT2D eigenvalue weighted by atomic mass is 10.1. The fourth-order valence-corrected chi connectivity index (χ4v) is 3.69. The van der Waals surface area contributed by atoms with Gasteiger partial charge in [0.05, 0.1) is 14.2 Å². The summed E-state index contributed by atoms with van der Waals surface area (Å²) in [6.07, 6.45) is 1.46. The van der Waals surface area contributed by atoms with Gasteiger partial charge in [-0.2, -0.15) is 0 Å². The number of nitrogens with zero attached hydrogens (tertiary/aromatic N) is 1. The summed E-state index contributed by atoms with van der Waals surface area (Å²) < 4.78 is 16.3. The summed E-state index contributed by atoms with van der Waals surface area (Å²) in [5, 5.41) is 3.44. The van der Waals surface area contributed by atoms with E-state index in [9.17, 15) is 14.4 Å². The number of nitrogens with one attached hydrogen (secondary N) is 1. The van der Waals surface area contributed by atoms with Crippen LogP contribution < -0.4 is 14.8 Å². The number of carbonyl (C=O) groups is 3. The molecule has 1 aliphatic heterocycles. The molecule has 32 heavy (non-hydrogen) atoms. The number of hydrogen-bond donors (Lipinski definition) is 1. The van der Waals surface area contributed by atoms with Crippen LogP contribution in [0.15, 0.2) is 40.5 Å². The number of methoxy groups -OCH3 is 2. The maximum absolute atomic E-state index is 12.5. The lowest BCUT2D eigenvalue weighted by Crippen LogP contribution is -2.36. The second-order valence-electron chi connectivity index (χ2n) is 6.50. The summed E-state index contributed by atoms with van der Waals surface area (Å²) in [6, 6.07) is 7.70. The molecule has 3 rings (SSSR count). The van der Waals surface area contributed by atoms with Crippen molar-refractivity contribution in [3.05, 3.63) is 61.7 Å². The molecule has 1 fully saturated rings. The number of hydrogen-bond acceptors (Lipinski definition) is 6. The second kappa shape index (κ2) is 10.2. The third-order valence-corrected chi connectivity index (χ3v) is 5.73. The van der Waals surface area contributed by atoms with E-state index < -0.39 is 24.5 Å². The number of amides is 3. The fourth-order valence-electron chi connectivity index (χ4n) is 2.79. The van der Waals surface area contributed by atoms with Crippen molar-refractivity contribution in [3.8, 4) is 11.5 Å². The van der Waals surface area contributed by atoms with E-state index in [1.165, 1.54) is 20.3 Å². The first-order valence-corrected chi connectivity index (χ1v) is 10.6. The molecule has 168 valence electrons. The van der Waals surface area contributed by atoms with Crippen LogP contribution in [0.5, 0.6) is 11.5 Å². The van der Waals surface area contributed by atoms with Crippen molar-refractivity contribution < 1.29 is 28.6 Å². The van der Waals surface area contributed by atoms with Crippen molar-refractivity contribution in [1.82, 2.24) is 10.2 Å². The number of benzene rings is 2. The fraction of sp³-hybridized carbons (Fsp3) is 0.190. The Morgan fingerprint density at radius 1 is 1.16 bits per heavy atom. The number of urea groups is 1. The summed E-state index contributed by atoms with van der Waals surface area (Å²) in [5.74, 6) is -0.529. The first-order chi connectivity index (χ1) is 15.2. The van der Waals surface area contributed by atoms with Crippen molar-refractivity contribution in [2.45, 2.75) is 6.61 Å². The average Bonchev–Trinajstić information content (AvgIpc) is 3.01. The molecule has 3 amide bonds. The molecule has 8 nitrogen and oxygen atoms in total. The van der Waals surface area contributed by atoms with Crippen LogP contribution in [0.1, 0.15) is 11.1 Å². The molecule has 1 saturated heterocycles.